The first kappa shape index (κ1) is 10.1. The maximum absolute atomic E-state index is 9.18. The molecule has 0 aliphatic heterocycles. The zero-order valence-corrected chi connectivity index (χ0v) is 7.44. The van der Waals surface area contributed by atoms with Crippen LogP contribution in [0.2, 0.25) is 0 Å². The van der Waals surface area contributed by atoms with E-state index >= 15 is 0 Å². The highest BCUT2D eigenvalue weighted by Gasteiger charge is 1.82. The van der Waals surface area contributed by atoms with Gasteiger partial charge in [0.15, 0.2) is 0 Å². The first-order chi connectivity index (χ1) is 5.31. The number of rotatable bonds is 2. The second kappa shape index (κ2) is 7.20. The van der Waals surface area contributed by atoms with E-state index in [1.165, 1.54) is 6.39 Å². The molecule has 11 heavy (non-hydrogen) atoms. The normalized spacial score (nSPS) is 7.82. The van der Waals surface area contributed by atoms with Crippen molar-refractivity contribution < 1.29 is 13.9 Å². The van der Waals surface area contributed by atoms with Gasteiger partial charge in [0, 0.05) is 15.9 Å². The molecule has 0 radical (unpaired) electrons. The van der Waals surface area contributed by atoms with Gasteiger partial charge in [0.1, 0.15) is 0 Å². The Kier molecular flexibility index (Phi) is 6.60. The molecule has 1 aromatic heterocycles. The number of halogens is 1. The van der Waals surface area contributed by atoms with E-state index in [-0.39, 0.29) is 0 Å². The molecule has 0 aliphatic carbocycles. The zero-order chi connectivity index (χ0) is 8.53. The predicted molar refractivity (Wildman–Crippen MR) is 39.7 cm³/mol. The summed E-state index contributed by atoms with van der Waals surface area (Å²) in [4.78, 5) is 9.60. The van der Waals surface area contributed by atoms with Crippen molar-refractivity contribution in [1.29, 1.82) is 0 Å². The van der Waals surface area contributed by atoms with Gasteiger partial charge in [-0.2, -0.15) is 0 Å². The van der Waals surface area contributed by atoms with Crippen molar-refractivity contribution in [3.05, 3.63) is 11.2 Å². The van der Waals surface area contributed by atoms with Gasteiger partial charge in [-0.1, -0.05) is 0 Å². The van der Waals surface area contributed by atoms with E-state index in [9.17, 15) is 4.79 Å². The summed E-state index contributed by atoms with van der Waals surface area (Å²) < 4.78 is 8.68. The Labute approximate surface area is 71.9 Å². The number of ether oxygens (including phenoxy) is 1. The fraction of sp³-hybridized carbons (Fsp3) is 0.400. The van der Waals surface area contributed by atoms with Crippen molar-refractivity contribution in [1.82, 2.24) is 10.2 Å². The monoisotopic (exact) mass is 222 g/mol. The molecule has 1 heterocycles. The van der Waals surface area contributed by atoms with Gasteiger partial charge in [0.2, 0.25) is 6.39 Å². The molecule has 0 N–H and O–H groups in total. The minimum absolute atomic E-state index is 0.419. The molecule has 0 bridgehead atoms. The van der Waals surface area contributed by atoms with E-state index < -0.39 is 0 Å². The molecule has 0 aliphatic rings. The van der Waals surface area contributed by atoms with Crippen LogP contribution in [0.1, 0.15) is 6.92 Å². The summed E-state index contributed by atoms with van der Waals surface area (Å²) in [5.74, 6) is 0. The van der Waals surface area contributed by atoms with Crippen LogP contribution in [0.5, 0.6) is 0 Å². The molecule has 62 valence electrons. The SMILES string of the molecule is Brc1nnco1.CCOC=O. The van der Waals surface area contributed by atoms with Crippen LogP contribution < -0.4 is 0 Å². The van der Waals surface area contributed by atoms with E-state index in [1.807, 2.05) is 0 Å². The maximum atomic E-state index is 9.18. The molecular weight excluding hydrogens is 216 g/mol. The third-order valence-corrected chi connectivity index (χ3v) is 0.914. The lowest BCUT2D eigenvalue weighted by molar-refractivity contribution is -0.128. The fourth-order valence-electron chi connectivity index (χ4n) is 0.228. The molecule has 5 nitrogen and oxygen atoms in total. The minimum atomic E-state index is 0.419. The number of nitrogens with zero attached hydrogens (tertiary/aromatic N) is 2. The maximum Gasteiger partial charge on any atom is 0.293 e. The van der Waals surface area contributed by atoms with Gasteiger partial charge in [0.05, 0.1) is 6.61 Å². The molecule has 0 saturated carbocycles. The summed E-state index contributed by atoms with van der Waals surface area (Å²) in [5.41, 5.74) is 0. The lowest BCUT2D eigenvalue weighted by atomic mass is 10.9. The van der Waals surface area contributed by atoms with Crippen LogP contribution in [0.25, 0.3) is 0 Å². The zero-order valence-electron chi connectivity index (χ0n) is 5.86. The Morgan fingerprint density at radius 3 is 2.73 bits per heavy atom. The molecule has 0 atom stereocenters. The summed E-state index contributed by atoms with van der Waals surface area (Å²) in [6.45, 7) is 2.66. The second-order valence-corrected chi connectivity index (χ2v) is 1.92. The van der Waals surface area contributed by atoms with Crippen LogP contribution in [-0.4, -0.2) is 23.3 Å². The van der Waals surface area contributed by atoms with Crippen molar-refractivity contribution in [2.75, 3.05) is 6.61 Å². The van der Waals surface area contributed by atoms with Gasteiger partial charge < -0.3 is 9.15 Å². The topological polar surface area (TPSA) is 65.2 Å². The van der Waals surface area contributed by atoms with Gasteiger partial charge in [-0.25, -0.2) is 0 Å². The van der Waals surface area contributed by atoms with Crippen LogP contribution in [0.3, 0.4) is 0 Å². The summed E-state index contributed by atoms with van der Waals surface area (Å²) in [7, 11) is 0. The molecule has 0 aromatic carbocycles. The Morgan fingerprint density at radius 2 is 2.64 bits per heavy atom. The molecule has 6 heteroatoms. The van der Waals surface area contributed by atoms with E-state index in [4.69, 9.17) is 0 Å². The third kappa shape index (κ3) is 6.98. The van der Waals surface area contributed by atoms with Crippen LogP contribution in [0.4, 0.5) is 0 Å². The van der Waals surface area contributed by atoms with Crippen molar-refractivity contribution in [2.45, 2.75) is 6.92 Å². The number of hydrogen-bond acceptors (Lipinski definition) is 5. The first-order valence-corrected chi connectivity index (χ1v) is 3.57. The molecule has 0 fully saturated rings. The smallest absolute Gasteiger partial charge is 0.293 e. The highest BCUT2D eigenvalue weighted by atomic mass is 79.9. The van der Waals surface area contributed by atoms with Gasteiger partial charge in [-0.3, -0.25) is 4.79 Å². The Hall–Kier alpha value is -0.910. The van der Waals surface area contributed by atoms with Crippen LogP contribution >= 0.6 is 15.9 Å². The standard InChI is InChI=1S/C3H6O2.C2HBrN2O/c1-2-5-3-4;3-2-5-4-1-6-2/h3H,2H2,1H3;1H. The average molecular weight is 223 g/mol. The summed E-state index contributed by atoms with van der Waals surface area (Å²) in [6.07, 6.45) is 1.25. The summed E-state index contributed by atoms with van der Waals surface area (Å²) in [5, 5.41) is 6.77. The molecular formula is C5H7BrN2O3. The second-order valence-electron chi connectivity index (χ2n) is 1.24. The van der Waals surface area contributed by atoms with Gasteiger partial charge in [-0.05, 0) is 6.92 Å². The molecule has 1 aromatic rings. The van der Waals surface area contributed by atoms with E-state index in [2.05, 4.69) is 35.3 Å². The first-order valence-electron chi connectivity index (χ1n) is 2.78. The van der Waals surface area contributed by atoms with Crippen molar-refractivity contribution in [2.24, 2.45) is 0 Å². The molecule has 0 spiro atoms. The Bertz CT molecular complexity index is 178. The lowest BCUT2D eigenvalue weighted by Crippen LogP contribution is -1.80. The quantitative estimate of drug-likeness (QED) is 0.700. The van der Waals surface area contributed by atoms with Gasteiger partial charge >= 0.3 is 0 Å². The number of carbonyl (C=O) groups excluding carboxylic acids is 1. The molecule has 0 unspecified atom stereocenters. The highest BCUT2D eigenvalue weighted by Crippen LogP contribution is 1.98. The predicted octanol–water partition coefficient (Wildman–Crippen LogP) is 1.01. The van der Waals surface area contributed by atoms with E-state index in [0.717, 1.165) is 0 Å². The largest absolute Gasteiger partial charge is 0.468 e. The summed E-state index contributed by atoms with van der Waals surface area (Å²) >= 11 is 2.94. The molecule has 0 saturated heterocycles. The fourth-order valence-corrected chi connectivity index (χ4v) is 0.403. The van der Waals surface area contributed by atoms with Crippen molar-refractivity contribution in [3.63, 3.8) is 0 Å². The van der Waals surface area contributed by atoms with Crippen LogP contribution in [0, 0.1) is 0 Å². The molecule has 0 amide bonds. The van der Waals surface area contributed by atoms with Gasteiger partial charge in [0.25, 0.3) is 11.3 Å². The molecule has 1 rings (SSSR count). The third-order valence-electron chi connectivity index (χ3n) is 0.568. The van der Waals surface area contributed by atoms with Gasteiger partial charge in [-0.15, -0.1) is 10.2 Å². The van der Waals surface area contributed by atoms with Crippen molar-refractivity contribution in [3.8, 4) is 0 Å². The number of hydrogen-bond donors (Lipinski definition) is 0. The van der Waals surface area contributed by atoms with Crippen molar-refractivity contribution >= 4 is 22.4 Å². The Balaban J connectivity index is 0.000000187. The summed E-state index contributed by atoms with van der Waals surface area (Å²) in [6, 6.07) is 0. The minimum Gasteiger partial charge on any atom is -0.468 e. The Morgan fingerprint density at radius 1 is 1.91 bits per heavy atom. The van der Waals surface area contributed by atoms with E-state index in [0.29, 0.717) is 17.9 Å². The lowest BCUT2D eigenvalue weighted by Gasteiger charge is -1.79. The number of carbonyl (C=O) groups is 1. The average Bonchev–Trinajstić information content (AvgIpc) is 2.43. The highest BCUT2D eigenvalue weighted by molar-refractivity contribution is 9.10. The number of aromatic nitrogens is 2. The van der Waals surface area contributed by atoms with Crippen LogP contribution in [0.15, 0.2) is 15.6 Å². The van der Waals surface area contributed by atoms with E-state index in [1.54, 1.807) is 6.92 Å². The van der Waals surface area contributed by atoms with Crippen LogP contribution in [-0.2, 0) is 9.53 Å².